The van der Waals surface area contributed by atoms with E-state index in [-0.39, 0.29) is 18.0 Å². The minimum Gasteiger partial charge on any atom is -0.467 e. The molecule has 6 nitrogen and oxygen atoms in total. The summed E-state index contributed by atoms with van der Waals surface area (Å²) in [5.74, 6) is -1.00. The number of aromatic nitrogens is 1. The van der Waals surface area contributed by atoms with Crippen molar-refractivity contribution in [3.05, 3.63) is 52.8 Å². The normalized spacial score (nSPS) is 14.5. The zero-order valence-corrected chi connectivity index (χ0v) is 16.3. The zero-order chi connectivity index (χ0) is 21.7. The van der Waals surface area contributed by atoms with E-state index in [1.165, 1.54) is 24.3 Å². The minimum absolute atomic E-state index is 0.0710. The summed E-state index contributed by atoms with van der Waals surface area (Å²) in [7, 11) is 0. The van der Waals surface area contributed by atoms with Gasteiger partial charge < -0.3 is 19.7 Å². The van der Waals surface area contributed by atoms with E-state index in [0.29, 0.717) is 43.2 Å². The van der Waals surface area contributed by atoms with Crippen molar-refractivity contribution in [3.63, 3.8) is 0 Å². The van der Waals surface area contributed by atoms with Crippen LogP contribution in [0.4, 0.5) is 23.4 Å². The van der Waals surface area contributed by atoms with E-state index in [1.807, 2.05) is 4.90 Å². The molecule has 162 valence electrons. The zero-order valence-electron chi connectivity index (χ0n) is 16.3. The number of halogens is 4. The number of nitrogens with zero attached hydrogens (tertiary/aromatic N) is 2. The third kappa shape index (κ3) is 5.82. The van der Waals surface area contributed by atoms with Crippen LogP contribution < -0.4 is 15.0 Å². The molecule has 1 saturated heterocycles. The van der Waals surface area contributed by atoms with Crippen molar-refractivity contribution in [2.24, 2.45) is 0 Å². The molecule has 0 spiro atoms. The Morgan fingerprint density at radius 3 is 2.53 bits per heavy atom. The molecule has 0 bridgehead atoms. The lowest BCUT2D eigenvalue weighted by Crippen LogP contribution is -2.37. The maximum atomic E-state index is 13.0. The van der Waals surface area contributed by atoms with Gasteiger partial charge in [0.25, 0.3) is 5.91 Å². The lowest BCUT2D eigenvalue weighted by Gasteiger charge is -2.28. The Kier molecular flexibility index (Phi) is 6.76. The molecular formula is C20H21F4N3O3. The number of hydrogen-bond donors (Lipinski definition) is 1. The molecular weight excluding hydrogens is 406 g/mol. The SMILES string of the molecule is Cc1cc(N2CCOCC2)nc(OCC(F)(F)F)c1C(=O)NCc1ccc(F)cc1. The van der Waals surface area contributed by atoms with Crippen LogP contribution in [0.2, 0.25) is 0 Å². The Morgan fingerprint density at radius 2 is 1.90 bits per heavy atom. The molecule has 1 aromatic heterocycles. The van der Waals surface area contributed by atoms with E-state index in [2.05, 4.69) is 10.3 Å². The third-order valence-corrected chi connectivity index (χ3v) is 4.47. The lowest BCUT2D eigenvalue weighted by atomic mass is 10.1. The second kappa shape index (κ2) is 9.29. The van der Waals surface area contributed by atoms with Crippen molar-refractivity contribution >= 4 is 11.7 Å². The van der Waals surface area contributed by atoms with E-state index in [9.17, 15) is 22.4 Å². The predicted molar refractivity (Wildman–Crippen MR) is 101 cm³/mol. The smallest absolute Gasteiger partial charge is 0.422 e. The molecule has 1 N–H and O–H groups in total. The monoisotopic (exact) mass is 427 g/mol. The summed E-state index contributed by atoms with van der Waals surface area (Å²) in [5, 5.41) is 2.62. The molecule has 0 unspecified atom stereocenters. The van der Waals surface area contributed by atoms with Crippen LogP contribution in [0, 0.1) is 12.7 Å². The molecule has 30 heavy (non-hydrogen) atoms. The number of nitrogens with one attached hydrogen (secondary N) is 1. The standard InChI is InChI=1S/C20H21F4N3O3/c1-13-10-16(27-6-8-29-9-7-27)26-19(30-12-20(22,23)24)17(13)18(28)25-11-14-2-4-15(21)5-3-14/h2-5,10H,6-9,11-12H2,1H3,(H,25,28). The molecule has 0 radical (unpaired) electrons. The first kappa shape index (κ1) is 21.8. The number of aryl methyl sites for hydroxylation is 1. The molecule has 1 amide bonds. The number of rotatable bonds is 6. The molecule has 1 aliphatic rings. The number of pyridine rings is 1. The molecule has 2 heterocycles. The van der Waals surface area contributed by atoms with Gasteiger partial charge in [-0.3, -0.25) is 4.79 Å². The Hall–Kier alpha value is -2.88. The maximum absolute atomic E-state index is 13.0. The maximum Gasteiger partial charge on any atom is 0.422 e. The van der Waals surface area contributed by atoms with Crippen molar-refractivity contribution < 1.29 is 31.8 Å². The van der Waals surface area contributed by atoms with E-state index >= 15 is 0 Å². The van der Waals surface area contributed by atoms with Crippen molar-refractivity contribution in [2.45, 2.75) is 19.6 Å². The molecule has 2 aromatic rings. The summed E-state index contributed by atoms with van der Waals surface area (Å²) in [5.41, 5.74) is 0.997. The van der Waals surface area contributed by atoms with Gasteiger partial charge in [-0.15, -0.1) is 0 Å². The van der Waals surface area contributed by atoms with E-state index in [0.717, 1.165) is 0 Å². The number of benzene rings is 1. The molecule has 3 rings (SSSR count). The summed E-state index contributed by atoms with van der Waals surface area (Å²) in [6.45, 7) is 2.12. The van der Waals surface area contributed by atoms with Crippen molar-refractivity contribution in [1.29, 1.82) is 0 Å². The van der Waals surface area contributed by atoms with E-state index in [4.69, 9.17) is 9.47 Å². The summed E-state index contributed by atoms with van der Waals surface area (Å²) in [6, 6.07) is 7.15. The Bertz CT molecular complexity index is 882. The number of ether oxygens (including phenoxy) is 2. The van der Waals surface area contributed by atoms with Gasteiger partial charge in [-0.25, -0.2) is 4.39 Å². The molecule has 1 aliphatic heterocycles. The number of anilines is 1. The van der Waals surface area contributed by atoms with Gasteiger partial charge in [0, 0.05) is 19.6 Å². The predicted octanol–water partition coefficient (Wildman–Crippen LogP) is 3.24. The van der Waals surface area contributed by atoms with Crippen LogP contribution in [0.3, 0.4) is 0 Å². The highest BCUT2D eigenvalue weighted by atomic mass is 19.4. The first-order chi connectivity index (χ1) is 14.2. The number of morpholine rings is 1. The summed E-state index contributed by atoms with van der Waals surface area (Å²) >= 11 is 0. The molecule has 10 heteroatoms. The Balaban J connectivity index is 1.84. The van der Waals surface area contributed by atoms with Crippen molar-refractivity contribution in [1.82, 2.24) is 10.3 Å². The first-order valence-electron chi connectivity index (χ1n) is 9.29. The van der Waals surface area contributed by atoms with Gasteiger partial charge in [-0.2, -0.15) is 18.2 Å². The molecule has 0 saturated carbocycles. The molecule has 1 fully saturated rings. The van der Waals surface area contributed by atoms with Crippen LogP contribution in [0.25, 0.3) is 0 Å². The fourth-order valence-electron chi connectivity index (χ4n) is 2.98. The number of alkyl halides is 3. The summed E-state index contributed by atoms with van der Waals surface area (Å²) in [4.78, 5) is 18.8. The van der Waals surface area contributed by atoms with Crippen LogP contribution in [0.15, 0.2) is 30.3 Å². The minimum atomic E-state index is -4.58. The molecule has 1 aromatic carbocycles. The first-order valence-corrected chi connectivity index (χ1v) is 9.29. The Labute approximate surface area is 170 Å². The van der Waals surface area contributed by atoms with Gasteiger partial charge in [0.15, 0.2) is 6.61 Å². The van der Waals surface area contributed by atoms with Gasteiger partial charge in [0.1, 0.15) is 17.2 Å². The van der Waals surface area contributed by atoms with Gasteiger partial charge >= 0.3 is 6.18 Å². The van der Waals surface area contributed by atoms with Crippen LogP contribution >= 0.6 is 0 Å². The largest absolute Gasteiger partial charge is 0.467 e. The van der Waals surface area contributed by atoms with Crippen LogP contribution in [0.5, 0.6) is 5.88 Å². The number of carbonyl (C=O) groups is 1. The highest BCUT2D eigenvalue weighted by molar-refractivity contribution is 5.98. The van der Waals surface area contributed by atoms with Gasteiger partial charge in [0.05, 0.1) is 13.2 Å². The fraction of sp³-hybridized carbons (Fsp3) is 0.400. The van der Waals surface area contributed by atoms with E-state index in [1.54, 1.807) is 13.0 Å². The number of hydrogen-bond acceptors (Lipinski definition) is 5. The topological polar surface area (TPSA) is 63.7 Å². The van der Waals surface area contributed by atoms with Gasteiger partial charge in [-0.1, -0.05) is 12.1 Å². The van der Waals surface area contributed by atoms with Crippen molar-refractivity contribution in [3.8, 4) is 5.88 Å². The van der Waals surface area contributed by atoms with Gasteiger partial charge in [-0.05, 0) is 36.2 Å². The second-order valence-electron chi connectivity index (χ2n) is 6.79. The highest BCUT2D eigenvalue weighted by Gasteiger charge is 2.31. The van der Waals surface area contributed by atoms with Crippen LogP contribution in [-0.4, -0.2) is 50.0 Å². The summed E-state index contributed by atoms with van der Waals surface area (Å²) in [6.07, 6.45) is -4.58. The quantitative estimate of drug-likeness (QED) is 0.718. The number of carbonyl (C=O) groups excluding carboxylic acids is 1. The lowest BCUT2D eigenvalue weighted by molar-refractivity contribution is -0.154. The molecule has 0 aliphatic carbocycles. The Morgan fingerprint density at radius 1 is 1.23 bits per heavy atom. The van der Waals surface area contributed by atoms with Crippen molar-refractivity contribution in [2.75, 3.05) is 37.8 Å². The average Bonchev–Trinajstić information content (AvgIpc) is 2.71. The van der Waals surface area contributed by atoms with Gasteiger partial charge in [0.2, 0.25) is 5.88 Å². The number of amides is 1. The second-order valence-corrected chi connectivity index (χ2v) is 6.79. The van der Waals surface area contributed by atoms with Crippen LogP contribution in [0.1, 0.15) is 21.5 Å². The van der Waals surface area contributed by atoms with Crippen LogP contribution in [-0.2, 0) is 11.3 Å². The third-order valence-electron chi connectivity index (χ3n) is 4.47. The summed E-state index contributed by atoms with van der Waals surface area (Å²) < 4.78 is 61.4. The average molecular weight is 427 g/mol. The fourth-order valence-corrected chi connectivity index (χ4v) is 2.98. The van der Waals surface area contributed by atoms with E-state index < -0.39 is 24.5 Å². The highest BCUT2D eigenvalue weighted by Crippen LogP contribution is 2.28. The molecule has 0 atom stereocenters.